The summed E-state index contributed by atoms with van der Waals surface area (Å²) in [4.78, 5) is 8.52. The van der Waals surface area contributed by atoms with Gasteiger partial charge in [0, 0.05) is 17.9 Å². The Balaban J connectivity index is 0.00000124. The Labute approximate surface area is 184 Å². The molecule has 1 aliphatic rings. The Kier molecular flexibility index (Phi) is 7.49. The lowest BCUT2D eigenvalue weighted by atomic mass is 10.2. The van der Waals surface area contributed by atoms with Gasteiger partial charge in [-0.1, -0.05) is 24.8 Å². The van der Waals surface area contributed by atoms with Crippen molar-refractivity contribution in [2.45, 2.75) is 19.9 Å². The van der Waals surface area contributed by atoms with Crippen molar-refractivity contribution in [1.29, 1.82) is 0 Å². The molecule has 1 saturated heterocycles. The summed E-state index contributed by atoms with van der Waals surface area (Å²) in [7, 11) is 0. The lowest BCUT2D eigenvalue weighted by Crippen LogP contribution is -2.13. The van der Waals surface area contributed by atoms with E-state index in [1.807, 2.05) is 11.2 Å². The smallest absolute Gasteiger partial charge is 0.184 e. The Morgan fingerprint density at radius 3 is 2.67 bits per heavy atom. The summed E-state index contributed by atoms with van der Waals surface area (Å²) in [5.41, 5.74) is 2.56. The molecule has 158 valence electrons. The molecule has 0 spiro atoms. The number of hydrogen-bond acceptors (Lipinski definition) is 6. The van der Waals surface area contributed by atoms with E-state index in [0.717, 1.165) is 30.0 Å². The maximum Gasteiger partial charge on any atom is 0.184 e. The molecule has 3 heterocycles. The van der Waals surface area contributed by atoms with Gasteiger partial charge in [-0.3, -0.25) is 8.99 Å². The molecule has 0 aliphatic carbocycles. The summed E-state index contributed by atoms with van der Waals surface area (Å²) in [5, 5.41) is 4.55. The van der Waals surface area contributed by atoms with Gasteiger partial charge in [0.15, 0.2) is 17.5 Å². The van der Waals surface area contributed by atoms with Gasteiger partial charge in [0.2, 0.25) is 0 Å². The van der Waals surface area contributed by atoms with Crippen LogP contribution < -0.4 is 4.31 Å². The van der Waals surface area contributed by atoms with Gasteiger partial charge < -0.3 is 0 Å². The van der Waals surface area contributed by atoms with E-state index in [-0.39, 0.29) is 18.2 Å². The highest BCUT2D eigenvalue weighted by molar-refractivity contribution is 8.00. The molecule has 9 heteroatoms. The molecule has 0 amide bonds. The molecular formula is C21H23F2N5S2. The summed E-state index contributed by atoms with van der Waals surface area (Å²) < 4.78 is 31.8. The van der Waals surface area contributed by atoms with Crippen LogP contribution in [0, 0.1) is 11.6 Å². The van der Waals surface area contributed by atoms with Crippen LogP contribution in [-0.2, 0) is 6.54 Å². The molecular weight excluding hydrogens is 424 g/mol. The van der Waals surface area contributed by atoms with Crippen LogP contribution in [-0.4, -0.2) is 38.3 Å². The number of anilines is 1. The van der Waals surface area contributed by atoms with Gasteiger partial charge in [-0.15, -0.1) is 0 Å². The fourth-order valence-corrected chi connectivity index (χ4v) is 4.04. The maximum atomic E-state index is 14.2. The molecule has 0 atom stereocenters. The van der Waals surface area contributed by atoms with E-state index in [9.17, 15) is 8.78 Å². The molecule has 4 rings (SSSR count). The number of halogens is 2. The van der Waals surface area contributed by atoms with Crippen LogP contribution in [0.1, 0.15) is 24.6 Å². The molecule has 0 radical (unpaired) electrons. The molecule has 1 fully saturated rings. The number of allylic oxidation sites excluding steroid dienone is 1. The van der Waals surface area contributed by atoms with Crippen LogP contribution in [0.4, 0.5) is 14.6 Å². The molecule has 0 N–H and O–H groups in total. The van der Waals surface area contributed by atoms with Crippen molar-refractivity contribution in [2.75, 3.05) is 22.9 Å². The third-order valence-electron chi connectivity index (χ3n) is 4.44. The molecule has 0 saturated carbocycles. The number of benzene rings is 1. The predicted molar refractivity (Wildman–Crippen MR) is 123 cm³/mol. The second-order valence-electron chi connectivity index (χ2n) is 6.60. The Morgan fingerprint density at radius 2 is 2.00 bits per heavy atom. The zero-order chi connectivity index (χ0) is 21.7. The summed E-state index contributed by atoms with van der Waals surface area (Å²) in [6, 6.07) is 8.38. The zero-order valence-corrected chi connectivity index (χ0v) is 18.6. The number of thiol groups is 1. The first kappa shape index (κ1) is 22.3. The zero-order valence-electron chi connectivity index (χ0n) is 16.8. The minimum absolute atomic E-state index is 0.255. The minimum atomic E-state index is -0.455. The highest BCUT2D eigenvalue weighted by Crippen LogP contribution is 2.30. The van der Waals surface area contributed by atoms with E-state index < -0.39 is 5.82 Å². The van der Waals surface area contributed by atoms with Gasteiger partial charge in [0.05, 0.1) is 18.4 Å². The van der Waals surface area contributed by atoms with E-state index in [0.29, 0.717) is 17.1 Å². The van der Waals surface area contributed by atoms with Crippen molar-refractivity contribution in [3.8, 4) is 11.5 Å². The van der Waals surface area contributed by atoms with Gasteiger partial charge >= 0.3 is 0 Å². The van der Waals surface area contributed by atoms with Crippen LogP contribution in [0.3, 0.4) is 0 Å². The van der Waals surface area contributed by atoms with Gasteiger partial charge in [0.1, 0.15) is 11.5 Å². The lowest BCUT2D eigenvalue weighted by Gasteiger charge is -2.15. The third-order valence-corrected chi connectivity index (χ3v) is 5.58. The Morgan fingerprint density at radius 1 is 1.23 bits per heavy atom. The van der Waals surface area contributed by atoms with E-state index in [1.54, 1.807) is 47.2 Å². The lowest BCUT2D eigenvalue weighted by molar-refractivity contribution is 0.583. The van der Waals surface area contributed by atoms with Crippen molar-refractivity contribution < 1.29 is 8.78 Å². The molecule has 3 aromatic rings. The van der Waals surface area contributed by atoms with Crippen molar-refractivity contribution in [2.24, 2.45) is 0 Å². The second-order valence-corrected chi connectivity index (χ2v) is 7.71. The molecule has 30 heavy (non-hydrogen) atoms. The van der Waals surface area contributed by atoms with Crippen LogP contribution in [0.15, 0.2) is 43.1 Å². The summed E-state index contributed by atoms with van der Waals surface area (Å²) >= 11 is 5.08. The summed E-state index contributed by atoms with van der Waals surface area (Å²) in [6.07, 6.45) is 3.85. The van der Waals surface area contributed by atoms with Crippen molar-refractivity contribution in [3.05, 3.63) is 66.0 Å². The first-order valence-corrected chi connectivity index (χ1v) is 11.2. The van der Waals surface area contributed by atoms with Crippen LogP contribution in [0.5, 0.6) is 0 Å². The third kappa shape index (κ3) is 4.84. The average molecular weight is 448 g/mol. The largest absolute Gasteiger partial charge is 0.298 e. The average Bonchev–Trinajstić information content (AvgIpc) is 3.42. The molecule has 1 aromatic carbocycles. The maximum absolute atomic E-state index is 14.2. The highest BCUT2D eigenvalue weighted by Gasteiger charge is 2.21. The Hall–Kier alpha value is -2.39. The minimum Gasteiger partial charge on any atom is -0.298 e. The van der Waals surface area contributed by atoms with E-state index in [4.69, 9.17) is 0 Å². The van der Waals surface area contributed by atoms with Crippen LogP contribution in [0.25, 0.3) is 17.1 Å². The first-order valence-electron chi connectivity index (χ1n) is 9.38. The molecule has 0 bridgehead atoms. The fraction of sp³-hybridized carbons (Fsp3) is 0.286. The molecule has 1 aliphatic heterocycles. The van der Waals surface area contributed by atoms with Gasteiger partial charge in [-0.05, 0) is 49.3 Å². The molecule has 5 nitrogen and oxygen atoms in total. The van der Waals surface area contributed by atoms with Crippen LogP contribution in [0.2, 0.25) is 0 Å². The standard InChI is InChI=1S/C20H19F2N5S.CH4S/c1-13(2)18-10-17(25-26(18)12-14-6-3-4-7-15(14)21)19-23-11-16(22)20(24-19)27-8-5-9-28-27;1-2/h3-4,6-7,10-11H,1,5,8-9,12H2,2H3;2H,1H3. The Bertz CT molecular complexity index is 1030. The number of aromatic nitrogens is 4. The monoisotopic (exact) mass is 447 g/mol. The molecule has 0 unspecified atom stereocenters. The topological polar surface area (TPSA) is 46.8 Å². The normalized spacial score (nSPS) is 13.2. The van der Waals surface area contributed by atoms with E-state index in [1.165, 1.54) is 12.3 Å². The van der Waals surface area contributed by atoms with Crippen molar-refractivity contribution >= 4 is 36.0 Å². The first-order chi connectivity index (χ1) is 14.5. The van der Waals surface area contributed by atoms with E-state index in [2.05, 4.69) is 34.3 Å². The van der Waals surface area contributed by atoms with Crippen molar-refractivity contribution in [3.63, 3.8) is 0 Å². The predicted octanol–water partition coefficient (Wildman–Crippen LogP) is 5.10. The van der Waals surface area contributed by atoms with E-state index >= 15 is 0 Å². The van der Waals surface area contributed by atoms with Crippen LogP contribution >= 0.6 is 24.6 Å². The molecule has 2 aromatic heterocycles. The van der Waals surface area contributed by atoms with Gasteiger partial charge in [0.25, 0.3) is 0 Å². The summed E-state index contributed by atoms with van der Waals surface area (Å²) in [5.74, 6) is 0.796. The SMILES string of the molecule is C=C(C)c1cc(-c2ncc(F)c(N3CCCS3)n2)nn1Cc1ccccc1F.CS. The second kappa shape index (κ2) is 10.1. The number of hydrogen-bond donors (Lipinski definition) is 1. The number of nitrogens with zero attached hydrogens (tertiary/aromatic N) is 5. The summed E-state index contributed by atoms with van der Waals surface area (Å²) in [6.45, 7) is 6.84. The quantitative estimate of drug-likeness (QED) is 0.435. The number of rotatable bonds is 5. The van der Waals surface area contributed by atoms with Crippen molar-refractivity contribution in [1.82, 2.24) is 19.7 Å². The van der Waals surface area contributed by atoms with Gasteiger partial charge in [-0.25, -0.2) is 18.7 Å². The highest BCUT2D eigenvalue weighted by atomic mass is 32.2. The van der Waals surface area contributed by atoms with Gasteiger partial charge in [-0.2, -0.15) is 17.7 Å². The fourth-order valence-electron chi connectivity index (χ4n) is 3.05.